The van der Waals surface area contributed by atoms with Gasteiger partial charge in [-0.2, -0.15) is 0 Å². The molecule has 0 radical (unpaired) electrons. The first kappa shape index (κ1) is 26.0. The zero-order valence-corrected chi connectivity index (χ0v) is 20.1. The van der Waals surface area contributed by atoms with Crippen molar-refractivity contribution < 1.29 is 43.2 Å². The third-order valence-electron chi connectivity index (χ3n) is 5.54. The number of carbonyl (C=O) groups is 3. The summed E-state index contributed by atoms with van der Waals surface area (Å²) in [6.45, 7) is 4.38. The Morgan fingerprint density at radius 3 is 2.00 bits per heavy atom. The minimum atomic E-state index is -1.22. The molecule has 2 heterocycles. The lowest BCUT2D eigenvalue weighted by atomic mass is 9.90. The molecule has 11 nitrogen and oxygen atoms in total. The smallest absolute Gasteiger partial charge is 0.412 e. The van der Waals surface area contributed by atoms with E-state index < -0.39 is 47.8 Å². The van der Waals surface area contributed by atoms with Crippen molar-refractivity contribution >= 4 is 17.9 Å². The Hall–Kier alpha value is -2.57. The third-order valence-corrected chi connectivity index (χ3v) is 5.54. The molecule has 0 aliphatic carbocycles. The summed E-state index contributed by atoms with van der Waals surface area (Å²) >= 11 is 0. The average Bonchev–Trinajstić information content (AvgIpc) is 3.04. The number of fused-ring (bicyclic) bond motifs is 1. The van der Waals surface area contributed by atoms with Crippen LogP contribution in [0.25, 0.3) is 0 Å². The molecule has 4 atom stereocenters. The Labute approximate surface area is 198 Å². The van der Waals surface area contributed by atoms with Crippen LogP contribution in [0.5, 0.6) is 0 Å². The van der Waals surface area contributed by atoms with Crippen LogP contribution in [-0.4, -0.2) is 97.7 Å². The number of rotatable bonds is 8. The minimum Gasteiger partial charge on any atom is -0.444 e. The number of methoxy groups -OCH3 is 2. The van der Waals surface area contributed by atoms with Crippen molar-refractivity contribution in [2.75, 3.05) is 41.0 Å². The Bertz CT molecular complexity index is 866. The highest BCUT2D eigenvalue weighted by Gasteiger charge is 2.55. The number of hydrogen-bond donors (Lipinski definition) is 1. The van der Waals surface area contributed by atoms with Crippen LogP contribution >= 0.6 is 0 Å². The highest BCUT2D eigenvalue weighted by atomic mass is 16.7. The molecule has 2 aliphatic rings. The van der Waals surface area contributed by atoms with Gasteiger partial charge in [0.05, 0.1) is 23.8 Å². The van der Waals surface area contributed by atoms with Crippen molar-refractivity contribution in [3.63, 3.8) is 0 Å². The number of likely N-dealkylation sites (tertiary alicyclic amines) is 1. The summed E-state index contributed by atoms with van der Waals surface area (Å²) in [7, 11) is 2.86. The summed E-state index contributed by atoms with van der Waals surface area (Å²) in [4.78, 5) is 42.3. The minimum absolute atomic E-state index is 0.0509. The Morgan fingerprint density at radius 1 is 1.00 bits per heavy atom. The van der Waals surface area contributed by atoms with Gasteiger partial charge in [-0.05, 0) is 32.9 Å². The third kappa shape index (κ3) is 5.23. The van der Waals surface area contributed by atoms with Crippen LogP contribution in [0, 0.1) is 5.92 Å². The Morgan fingerprint density at radius 2 is 1.53 bits per heavy atom. The molecule has 1 N–H and O–H groups in total. The highest BCUT2D eigenvalue weighted by Crippen LogP contribution is 2.35. The van der Waals surface area contributed by atoms with Gasteiger partial charge in [-0.15, -0.1) is 0 Å². The number of nitrogens with zero attached hydrogens (tertiary/aromatic N) is 2. The van der Waals surface area contributed by atoms with Crippen molar-refractivity contribution in [3.05, 3.63) is 35.4 Å². The molecule has 11 heteroatoms. The zero-order valence-electron chi connectivity index (χ0n) is 20.1. The van der Waals surface area contributed by atoms with Crippen LogP contribution in [0.15, 0.2) is 24.3 Å². The Balaban J connectivity index is 2.09. The fraction of sp³-hybridized carbons (Fsp3) is 0.609. The van der Waals surface area contributed by atoms with Gasteiger partial charge in [-0.3, -0.25) is 14.5 Å². The molecule has 1 saturated heterocycles. The Kier molecular flexibility index (Phi) is 8.26. The highest BCUT2D eigenvalue weighted by molar-refractivity contribution is 6.21. The predicted molar refractivity (Wildman–Crippen MR) is 118 cm³/mol. The van der Waals surface area contributed by atoms with Gasteiger partial charge in [0.1, 0.15) is 31.5 Å². The van der Waals surface area contributed by atoms with Crippen molar-refractivity contribution in [3.8, 4) is 0 Å². The topological polar surface area (TPSA) is 124 Å². The molecule has 3 amide bonds. The number of piperidine rings is 1. The predicted octanol–water partition coefficient (Wildman–Crippen LogP) is 1.45. The van der Waals surface area contributed by atoms with Crippen LogP contribution < -0.4 is 0 Å². The lowest BCUT2D eigenvalue weighted by molar-refractivity contribution is -0.223. The summed E-state index contributed by atoms with van der Waals surface area (Å²) in [5, 5.41) is 10.1. The van der Waals surface area contributed by atoms with Gasteiger partial charge in [0, 0.05) is 26.7 Å². The molecule has 34 heavy (non-hydrogen) atoms. The fourth-order valence-corrected chi connectivity index (χ4v) is 4.18. The quantitative estimate of drug-likeness (QED) is 0.435. The van der Waals surface area contributed by atoms with Crippen LogP contribution in [0.1, 0.15) is 41.5 Å². The lowest BCUT2D eigenvalue weighted by Gasteiger charge is -2.49. The van der Waals surface area contributed by atoms with E-state index in [9.17, 15) is 19.5 Å². The van der Waals surface area contributed by atoms with Gasteiger partial charge in [-0.25, -0.2) is 9.69 Å². The number of aliphatic hydroxyl groups is 1. The average molecular weight is 481 g/mol. The van der Waals surface area contributed by atoms with Gasteiger partial charge in [0.2, 0.25) is 0 Å². The summed E-state index contributed by atoms with van der Waals surface area (Å²) in [5.41, 5.74) is -0.397. The number of imide groups is 1. The molecular formula is C23H32N2O9. The van der Waals surface area contributed by atoms with Crippen molar-refractivity contribution in [1.29, 1.82) is 0 Å². The van der Waals surface area contributed by atoms with Crippen LogP contribution in [-0.2, 0) is 23.7 Å². The van der Waals surface area contributed by atoms with E-state index in [0.717, 1.165) is 4.90 Å². The van der Waals surface area contributed by atoms with E-state index in [2.05, 4.69) is 0 Å². The SMILES string of the molecule is COCO[C@@H]1[C@H](CO)CN(C(=O)OC(C)(C)C)[C@H](N2C(=O)c3ccccc3C2=O)[C@H]1OCOC. The standard InChI is InChI=1S/C23H32N2O9/c1-23(2,3)34-22(29)24-10-14(11-26)17(32-12-30-4)18(33-13-31-5)19(24)25-20(27)15-8-6-7-9-16(15)21(25)28/h6-9,14,17-19,26H,10-13H2,1-5H3/t14-,17+,18-,19+/m0/s1. The molecule has 0 bridgehead atoms. The number of amides is 3. The van der Waals surface area contributed by atoms with Crippen molar-refractivity contribution in [2.24, 2.45) is 5.92 Å². The van der Waals surface area contributed by atoms with Crippen molar-refractivity contribution in [1.82, 2.24) is 9.80 Å². The first-order valence-corrected chi connectivity index (χ1v) is 10.9. The molecule has 1 aromatic carbocycles. The molecular weight excluding hydrogens is 448 g/mol. The first-order chi connectivity index (χ1) is 16.1. The fourth-order valence-electron chi connectivity index (χ4n) is 4.18. The summed E-state index contributed by atoms with van der Waals surface area (Å²) in [5.74, 6) is -1.76. The molecule has 0 spiro atoms. The van der Waals surface area contributed by atoms with Crippen molar-refractivity contribution in [2.45, 2.75) is 44.7 Å². The van der Waals surface area contributed by atoms with E-state index >= 15 is 0 Å². The molecule has 188 valence electrons. The normalized spacial score (nSPS) is 25.0. The second-order valence-corrected chi connectivity index (χ2v) is 9.09. The lowest BCUT2D eigenvalue weighted by Crippen LogP contribution is -2.69. The number of aliphatic hydroxyl groups excluding tert-OH is 1. The van der Waals surface area contributed by atoms with Crippen LogP contribution in [0.3, 0.4) is 0 Å². The van der Waals surface area contributed by atoms with Gasteiger partial charge in [-0.1, -0.05) is 12.1 Å². The summed E-state index contributed by atoms with van der Waals surface area (Å²) in [6.07, 6.45) is -3.87. The number of hydrogen-bond acceptors (Lipinski definition) is 9. The van der Waals surface area contributed by atoms with E-state index in [1.807, 2.05) is 0 Å². The monoisotopic (exact) mass is 480 g/mol. The maximum Gasteiger partial charge on any atom is 0.412 e. The second kappa shape index (κ2) is 10.8. The molecule has 2 aliphatic heterocycles. The molecule has 1 aromatic rings. The zero-order chi connectivity index (χ0) is 25.0. The molecule has 0 saturated carbocycles. The number of benzene rings is 1. The number of carbonyl (C=O) groups excluding carboxylic acids is 3. The number of ether oxygens (including phenoxy) is 5. The molecule has 0 aromatic heterocycles. The molecule has 0 unspecified atom stereocenters. The first-order valence-electron chi connectivity index (χ1n) is 10.9. The molecule has 3 rings (SSSR count). The van der Waals surface area contributed by atoms with Gasteiger partial charge >= 0.3 is 6.09 Å². The second-order valence-electron chi connectivity index (χ2n) is 9.09. The van der Waals surface area contributed by atoms with E-state index in [4.69, 9.17) is 23.7 Å². The van der Waals surface area contributed by atoms with E-state index in [1.165, 1.54) is 19.1 Å². The summed E-state index contributed by atoms with van der Waals surface area (Å²) < 4.78 is 27.4. The molecule has 1 fully saturated rings. The maximum absolute atomic E-state index is 13.4. The van der Waals surface area contributed by atoms with Gasteiger partial charge < -0.3 is 28.8 Å². The van der Waals surface area contributed by atoms with Gasteiger partial charge in [0.25, 0.3) is 11.8 Å². The van der Waals surface area contributed by atoms with Crippen LogP contribution in [0.2, 0.25) is 0 Å². The van der Waals surface area contributed by atoms with E-state index in [1.54, 1.807) is 45.0 Å². The summed E-state index contributed by atoms with van der Waals surface area (Å²) in [6, 6.07) is 6.42. The largest absolute Gasteiger partial charge is 0.444 e. The maximum atomic E-state index is 13.4. The van der Waals surface area contributed by atoms with E-state index in [0.29, 0.717) is 0 Å². The van der Waals surface area contributed by atoms with E-state index in [-0.39, 0.29) is 37.9 Å². The van der Waals surface area contributed by atoms with Crippen LogP contribution in [0.4, 0.5) is 4.79 Å². The van der Waals surface area contributed by atoms with Gasteiger partial charge in [0.15, 0.2) is 0 Å².